The van der Waals surface area contributed by atoms with Crippen molar-refractivity contribution < 1.29 is 0 Å². The third kappa shape index (κ3) is 2.93. The third-order valence-corrected chi connectivity index (χ3v) is 1.28. The summed E-state index contributed by atoms with van der Waals surface area (Å²) in [5, 5.41) is 21.1. The van der Waals surface area contributed by atoms with Crippen molar-refractivity contribution in [3.05, 3.63) is 12.2 Å². The Hall–Kier alpha value is -1.86. The fourth-order valence-corrected chi connectivity index (χ4v) is 0.493. The molecule has 8 heteroatoms. The van der Waals surface area contributed by atoms with E-state index in [1.165, 1.54) is 11.1 Å². The van der Waals surface area contributed by atoms with Gasteiger partial charge in [0.2, 0.25) is 0 Å². The molecular weight excluding hydrogens is 172 g/mol. The molecule has 0 unspecified atom stereocenters. The van der Waals surface area contributed by atoms with Crippen molar-refractivity contribution in [3.8, 4) is 0 Å². The van der Waals surface area contributed by atoms with Crippen LogP contribution in [0.25, 0.3) is 0 Å². The Morgan fingerprint density at radius 3 is 2.15 bits per heavy atom. The van der Waals surface area contributed by atoms with Crippen molar-refractivity contribution in [2.45, 2.75) is 6.92 Å². The summed E-state index contributed by atoms with van der Waals surface area (Å²) in [7, 11) is 3.52. The highest BCUT2D eigenvalue weighted by Gasteiger charge is 1.87. The minimum Gasteiger partial charge on any atom is -0.233 e. The monoisotopic (exact) mass is 182 g/mol. The lowest BCUT2D eigenvalue weighted by atomic mass is 10.7. The largest absolute Gasteiger partial charge is 0.233 e. The van der Waals surface area contributed by atoms with E-state index in [0.717, 1.165) is 5.82 Å². The molecule has 0 aliphatic heterocycles. The SMILES string of the molecule is Cc1nnnn1C.Cn1ncnn1. The minimum absolute atomic E-state index is 0.833. The molecule has 0 spiro atoms. The second kappa shape index (κ2) is 4.24. The molecule has 70 valence electrons. The number of nitrogens with zero attached hydrogens (tertiary/aromatic N) is 8. The number of tetrazole rings is 2. The van der Waals surface area contributed by atoms with Gasteiger partial charge in [-0.15, -0.1) is 15.3 Å². The maximum absolute atomic E-state index is 3.62. The van der Waals surface area contributed by atoms with Gasteiger partial charge < -0.3 is 0 Å². The molecule has 13 heavy (non-hydrogen) atoms. The molecule has 0 N–H and O–H groups in total. The van der Waals surface area contributed by atoms with Gasteiger partial charge in [-0.05, 0) is 22.6 Å². The molecule has 2 heterocycles. The maximum atomic E-state index is 3.62. The number of aromatic nitrogens is 8. The lowest BCUT2D eigenvalue weighted by Gasteiger charge is -1.81. The van der Waals surface area contributed by atoms with Gasteiger partial charge in [0.05, 0.1) is 7.05 Å². The summed E-state index contributed by atoms with van der Waals surface area (Å²) in [5.74, 6) is 0.833. The number of aryl methyl sites for hydroxylation is 3. The van der Waals surface area contributed by atoms with Crippen LogP contribution in [0.15, 0.2) is 6.33 Å². The minimum atomic E-state index is 0.833. The molecule has 0 aliphatic rings. The van der Waals surface area contributed by atoms with Gasteiger partial charge in [0, 0.05) is 7.05 Å². The van der Waals surface area contributed by atoms with Crippen LogP contribution in [0.2, 0.25) is 0 Å². The molecule has 0 bridgehead atoms. The predicted octanol–water partition coefficient (Wildman–Crippen LogP) is -1.27. The van der Waals surface area contributed by atoms with E-state index in [4.69, 9.17) is 0 Å². The van der Waals surface area contributed by atoms with Gasteiger partial charge in [-0.25, -0.2) is 4.68 Å². The standard InChI is InChI=1S/C3H6N4.C2H4N4/c1-3-4-5-6-7(3)2;1-6-4-2-3-5-6/h1-2H3;2H,1H3. The molecule has 2 aromatic rings. The Morgan fingerprint density at radius 1 is 1.23 bits per heavy atom. The van der Waals surface area contributed by atoms with E-state index in [0.29, 0.717) is 0 Å². The van der Waals surface area contributed by atoms with Crippen molar-refractivity contribution in [2.24, 2.45) is 14.1 Å². The van der Waals surface area contributed by atoms with Crippen molar-refractivity contribution in [3.63, 3.8) is 0 Å². The Morgan fingerprint density at radius 2 is 2.00 bits per heavy atom. The summed E-state index contributed by atoms with van der Waals surface area (Å²) in [4.78, 5) is 1.39. The molecule has 0 amide bonds. The summed E-state index contributed by atoms with van der Waals surface area (Å²) < 4.78 is 1.61. The van der Waals surface area contributed by atoms with E-state index in [1.807, 2.05) is 6.92 Å². The Bertz CT molecular complexity index is 319. The summed E-state index contributed by atoms with van der Waals surface area (Å²) in [6, 6.07) is 0. The summed E-state index contributed by atoms with van der Waals surface area (Å²) in [6.07, 6.45) is 1.39. The molecule has 2 aromatic heterocycles. The zero-order valence-corrected chi connectivity index (χ0v) is 7.66. The smallest absolute Gasteiger partial charge is 0.162 e. The third-order valence-electron chi connectivity index (χ3n) is 1.28. The first-order chi connectivity index (χ1) is 6.20. The molecule has 0 radical (unpaired) electrons. The molecular formula is C5H10N8. The van der Waals surface area contributed by atoms with Gasteiger partial charge >= 0.3 is 0 Å². The molecule has 0 atom stereocenters. The molecule has 0 aromatic carbocycles. The second-order valence-electron chi connectivity index (χ2n) is 2.28. The topological polar surface area (TPSA) is 87.2 Å². The molecule has 2 rings (SSSR count). The quantitative estimate of drug-likeness (QED) is 0.504. The fourth-order valence-electron chi connectivity index (χ4n) is 0.493. The van der Waals surface area contributed by atoms with Crippen LogP contribution < -0.4 is 0 Å². The van der Waals surface area contributed by atoms with E-state index in [-0.39, 0.29) is 0 Å². The van der Waals surface area contributed by atoms with E-state index in [9.17, 15) is 0 Å². The highest BCUT2D eigenvalue weighted by molar-refractivity contribution is 4.69. The first-order valence-electron chi connectivity index (χ1n) is 3.56. The Balaban J connectivity index is 0.000000132. The normalized spacial score (nSPS) is 9.15. The van der Waals surface area contributed by atoms with E-state index < -0.39 is 0 Å². The fraction of sp³-hybridized carbons (Fsp3) is 0.600. The van der Waals surface area contributed by atoms with Crippen LogP contribution in [-0.4, -0.2) is 40.4 Å². The first-order valence-corrected chi connectivity index (χ1v) is 3.56. The second-order valence-corrected chi connectivity index (χ2v) is 2.28. The van der Waals surface area contributed by atoms with Gasteiger partial charge in [0.1, 0.15) is 5.82 Å². The van der Waals surface area contributed by atoms with Gasteiger partial charge in [0.25, 0.3) is 0 Å². The number of hydrogen-bond acceptors (Lipinski definition) is 6. The van der Waals surface area contributed by atoms with Crippen molar-refractivity contribution in [1.29, 1.82) is 0 Å². The van der Waals surface area contributed by atoms with Crippen molar-refractivity contribution in [1.82, 2.24) is 40.4 Å². The zero-order chi connectivity index (χ0) is 9.68. The van der Waals surface area contributed by atoms with Crippen LogP contribution in [0.1, 0.15) is 5.82 Å². The summed E-state index contributed by atoms with van der Waals surface area (Å²) in [5.41, 5.74) is 0. The highest BCUT2D eigenvalue weighted by atomic mass is 15.6. The van der Waals surface area contributed by atoms with E-state index >= 15 is 0 Å². The van der Waals surface area contributed by atoms with Crippen LogP contribution in [0.4, 0.5) is 0 Å². The molecule has 8 nitrogen and oxygen atoms in total. The van der Waals surface area contributed by atoms with Crippen LogP contribution in [0.3, 0.4) is 0 Å². The first kappa shape index (κ1) is 9.23. The van der Waals surface area contributed by atoms with Gasteiger partial charge in [-0.1, -0.05) is 0 Å². The Kier molecular flexibility index (Phi) is 3.01. The van der Waals surface area contributed by atoms with Crippen molar-refractivity contribution in [2.75, 3.05) is 0 Å². The number of hydrogen-bond donors (Lipinski definition) is 0. The van der Waals surface area contributed by atoms with E-state index in [2.05, 4.69) is 30.9 Å². The van der Waals surface area contributed by atoms with Gasteiger partial charge in [-0.2, -0.15) is 4.80 Å². The predicted molar refractivity (Wildman–Crippen MR) is 42.3 cm³/mol. The van der Waals surface area contributed by atoms with Gasteiger partial charge in [-0.3, -0.25) is 0 Å². The van der Waals surface area contributed by atoms with E-state index in [1.54, 1.807) is 18.8 Å². The average molecular weight is 182 g/mol. The van der Waals surface area contributed by atoms with Crippen LogP contribution in [0.5, 0.6) is 0 Å². The van der Waals surface area contributed by atoms with Crippen molar-refractivity contribution >= 4 is 0 Å². The molecule has 0 saturated carbocycles. The summed E-state index contributed by atoms with van der Waals surface area (Å²) in [6.45, 7) is 1.85. The molecule has 0 aliphatic carbocycles. The summed E-state index contributed by atoms with van der Waals surface area (Å²) >= 11 is 0. The van der Waals surface area contributed by atoms with Gasteiger partial charge in [0.15, 0.2) is 6.33 Å². The van der Waals surface area contributed by atoms with Crippen LogP contribution in [-0.2, 0) is 14.1 Å². The molecule has 0 saturated heterocycles. The zero-order valence-electron chi connectivity index (χ0n) is 7.66. The molecule has 0 fully saturated rings. The van der Waals surface area contributed by atoms with Crippen LogP contribution >= 0.6 is 0 Å². The lowest BCUT2D eigenvalue weighted by Crippen LogP contribution is -1.92. The maximum Gasteiger partial charge on any atom is 0.162 e. The lowest BCUT2D eigenvalue weighted by molar-refractivity contribution is 0.630. The average Bonchev–Trinajstić information content (AvgIpc) is 2.67. The van der Waals surface area contributed by atoms with Crippen LogP contribution in [0, 0.1) is 6.92 Å². The number of rotatable bonds is 0. The highest BCUT2D eigenvalue weighted by Crippen LogP contribution is 1.78. The Labute approximate surface area is 74.6 Å².